The third-order valence-corrected chi connectivity index (χ3v) is 6.08. The monoisotopic (exact) mass is 347 g/mol. The molecule has 0 unspecified atom stereocenters. The van der Waals surface area contributed by atoms with E-state index in [0.717, 1.165) is 37.0 Å². The van der Waals surface area contributed by atoms with Crippen LogP contribution >= 0.6 is 0 Å². The molecule has 4 nitrogen and oxygen atoms in total. The van der Waals surface area contributed by atoms with Crippen LogP contribution in [0.4, 0.5) is 4.39 Å². The molecule has 5 heteroatoms. The summed E-state index contributed by atoms with van der Waals surface area (Å²) in [6.45, 7) is 2.35. The molecular formula is C20H26FNO3. The van der Waals surface area contributed by atoms with Gasteiger partial charge < -0.3 is 14.4 Å². The molecule has 1 atom stereocenters. The molecule has 1 aliphatic heterocycles. The second-order valence-corrected chi connectivity index (χ2v) is 7.80. The van der Waals surface area contributed by atoms with Gasteiger partial charge in [0.1, 0.15) is 12.4 Å². The predicted octanol–water partition coefficient (Wildman–Crippen LogP) is 3.20. The second-order valence-electron chi connectivity index (χ2n) is 7.80. The summed E-state index contributed by atoms with van der Waals surface area (Å²) in [6, 6.07) is 5.14. The minimum atomic E-state index is -0.182. The van der Waals surface area contributed by atoms with Crippen LogP contribution in [0.15, 0.2) is 18.2 Å². The highest BCUT2D eigenvalue weighted by atomic mass is 19.1. The van der Waals surface area contributed by atoms with E-state index in [4.69, 9.17) is 9.47 Å². The summed E-state index contributed by atoms with van der Waals surface area (Å²) in [6.07, 6.45) is 5.24. The Hall–Kier alpha value is -1.46. The maximum atomic E-state index is 13.9. The topological polar surface area (TPSA) is 38.8 Å². The number of amides is 1. The van der Waals surface area contributed by atoms with Crippen LogP contribution in [0.3, 0.4) is 0 Å². The van der Waals surface area contributed by atoms with Gasteiger partial charge in [-0.25, -0.2) is 4.39 Å². The lowest BCUT2D eigenvalue weighted by Gasteiger charge is -2.40. The van der Waals surface area contributed by atoms with Crippen LogP contribution in [-0.2, 0) is 19.7 Å². The molecule has 1 spiro atoms. The lowest BCUT2D eigenvalue weighted by Crippen LogP contribution is -2.45. The van der Waals surface area contributed by atoms with Crippen LogP contribution in [0.1, 0.15) is 49.3 Å². The van der Waals surface area contributed by atoms with E-state index in [1.54, 1.807) is 19.2 Å². The fourth-order valence-corrected chi connectivity index (χ4v) is 4.40. The molecule has 1 aromatic carbocycles. The summed E-state index contributed by atoms with van der Waals surface area (Å²) in [7, 11) is 1.54. The highest BCUT2D eigenvalue weighted by Gasteiger charge is 2.47. The number of piperidine rings is 1. The number of carbonyl (C=O) groups excluding carboxylic acids is 1. The molecule has 0 bridgehead atoms. The lowest BCUT2D eigenvalue weighted by molar-refractivity contribution is -0.136. The van der Waals surface area contributed by atoms with Crippen molar-refractivity contribution in [1.82, 2.24) is 4.90 Å². The summed E-state index contributed by atoms with van der Waals surface area (Å²) in [5.74, 6) is 0.573. The Morgan fingerprint density at radius 2 is 2.08 bits per heavy atom. The van der Waals surface area contributed by atoms with Crippen LogP contribution in [0, 0.1) is 11.7 Å². The van der Waals surface area contributed by atoms with Gasteiger partial charge >= 0.3 is 0 Å². The fourth-order valence-electron chi connectivity index (χ4n) is 4.40. The van der Waals surface area contributed by atoms with E-state index in [0.29, 0.717) is 19.0 Å². The van der Waals surface area contributed by atoms with Gasteiger partial charge in [0, 0.05) is 25.6 Å². The number of methoxy groups -OCH3 is 1. The lowest BCUT2D eigenvalue weighted by atomic mass is 9.73. The first kappa shape index (κ1) is 17.0. The van der Waals surface area contributed by atoms with Gasteiger partial charge in [-0.1, -0.05) is 6.07 Å². The number of halogens is 1. The number of ether oxygens (including phenoxy) is 2. The quantitative estimate of drug-likeness (QED) is 0.821. The van der Waals surface area contributed by atoms with Crippen molar-refractivity contribution in [2.45, 2.75) is 43.6 Å². The standard InChI is InChI=1S/C20H26FNO3/c1-24-13-19(23)22-8-6-20(7-9-22)11-18(25-12-14-2-3-14)16-5-4-15(21)10-17(16)20/h4-5,10,14,18H,2-3,6-9,11-13H2,1H3/t18-/m0/s1. The molecule has 1 saturated carbocycles. The largest absolute Gasteiger partial charge is 0.375 e. The van der Waals surface area contributed by atoms with Crippen LogP contribution in [0.5, 0.6) is 0 Å². The normalized spacial score (nSPS) is 24.6. The summed E-state index contributed by atoms with van der Waals surface area (Å²) >= 11 is 0. The first-order chi connectivity index (χ1) is 12.1. The number of rotatable bonds is 5. The Labute approximate surface area is 148 Å². The Bertz CT molecular complexity index is 650. The van der Waals surface area contributed by atoms with E-state index < -0.39 is 0 Å². The maximum absolute atomic E-state index is 13.9. The minimum Gasteiger partial charge on any atom is -0.375 e. The van der Waals surface area contributed by atoms with E-state index in [1.807, 2.05) is 11.0 Å². The van der Waals surface area contributed by atoms with Crippen molar-refractivity contribution in [3.63, 3.8) is 0 Å². The minimum absolute atomic E-state index is 0.0383. The number of fused-ring (bicyclic) bond motifs is 2. The van der Waals surface area contributed by atoms with E-state index in [1.165, 1.54) is 12.8 Å². The van der Waals surface area contributed by atoms with E-state index in [-0.39, 0.29) is 29.9 Å². The Morgan fingerprint density at radius 3 is 2.76 bits per heavy atom. The van der Waals surface area contributed by atoms with Crippen molar-refractivity contribution in [2.24, 2.45) is 5.92 Å². The maximum Gasteiger partial charge on any atom is 0.248 e. The van der Waals surface area contributed by atoms with Crippen LogP contribution in [0.2, 0.25) is 0 Å². The van der Waals surface area contributed by atoms with Crippen molar-refractivity contribution in [2.75, 3.05) is 33.4 Å². The average Bonchev–Trinajstić information content (AvgIpc) is 3.39. The van der Waals surface area contributed by atoms with Crippen molar-refractivity contribution < 1.29 is 18.7 Å². The third kappa shape index (κ3) is 3.32. The highest BCUT2D eigenvalue weighted by Crippen LogP contribution is 2.52. The molecule has 0 radical (unpaired) electrons. The van der Waals surface area contributed by atoms with Gasteiger partial charge in [-0.2, -0.15) is 0 Å². The van der Waals surface area contributed by atoms with Gasteiger partial charge in [0.05, 0.1) is 12.7 Å². The number of carbonyl (C=O) groups is 1. The van der Waals surface area contributed by atoms with E-state index in [2.05, 4.69) is 0 Å². The molecule has 1 saturated heterocycles. The van der Waals surface area contributed by atoms with Crippen LogP contribution in [0.25, 0.3) is 0 Å². The predicted molar refractivity (Wildman–Crippen MR) is 91.8 cm³/mol. The third-order valence-electron chi connectivity index (χ3n) is 6.08. The smallest absolute Gasteiger partial charge is 0.248 e. The Balaban J connectivity index is 1.52. The van der Waals surface area contributed by atoms with Crippen molar-refractivity contribution in [3.8, 4) is 0 Å². The van der Waals surface area contributed by atoms with Crippen molar-refractivity contribution >= 4 is 5.91 Å². The SMILES string of the molecule is COCC(=O)N1CCC2(CC1)C[C@H](OCC1CC1)c1ccc(F)cc12. The second kappa shape index (κ2) is 6.69. The zero-order valence-corrected chi connectivity index (χ0v) is 14.8. The summed E-state index contributed by atoms with van der Waals surface area (Å²) in [5, 5.41) is 0. The number of hydrogen-bond donors (Lipinski definition) is 0. The zero-order valence-electron chi connectivity index (χ0n) is 14.8. The van der Waals surface area contributed by atoms with E-state index >= 15 is 0 Å². The number of hydrogen-bond acceptors (Lipinski definition) is 3. The Morgan fingerprint density at radius 1 is 1.32 bits per heavy atom. The summed E-state index contributed by atoms with van der Waals surface area (Å²) in [5.41, 5.74) is 2.20. The molecule has 3 aliphatic rings. The number of nitrogens with zero attached hydrogens (tertiary/aromatic N) is 1. The van der Waals surface area contributed by atoms with Gasteiger partial charge in [-0.3, -0.25) is 4.79 Å². The highest BCUT2D eigenvalue weighted by molar-refractivity contribution is 5.77. The van der Waals surface area contributed by atoms with Gasteiger partial charge in [0.2, 0.25) is 5.91 Å². The Kier molecular flexibility index (Phi) is 4.54. The van der Waals surface area contributed by atoms with Crippen LogP contribution < -0.4 is 0 Å². The average molecular weight is 347 g/mol. The molecule has 1 aromatic rings. The molecule has 1 heterocycles. The zero-order chi connectivity index (χ0) is 17.4. The molecule has 2 fully saturated rings. The van der Waals surface area contributed by atoms with Crippen molar-refractivity contribution in [1.29, 1.82) is 0 Å². The molecular weight excluding hydrogens is 321 g/mol. The molecule has 2 aliphatic carbocycles. The molecule has 136 valence electrons. The van der Waals surface area contributed by atoms with E-state index in [9.17, 15) is 9.18 Å². The molecule has 4 rings (SSSR count). The summed E-state index contributed by atoms with van der Waals surface area (Å²) in [4.78, 5) is 13.9. The molecule has 0 N–H and O–H groups in total. The van der Waals surface area contributed by atoms with Gasteiger partial charge in [0.25, 0.3) is 0 Å². The van der Waals surface area contributed by atoms with Gasteiger partial charge in [-0.05, 0) is 61.3 Å². The van der Waals surface area contributed by atoms with Crippen molar-refractivity contribution in [3.05, 3.63) is 35.1 Å². The molecule has 1 amide bonds. The van der Waals surface area contributed by atoms with Gasteiger partial charge in [-0.15, -0.1) is 0 Å². The molecule has 25 heavy (non-hydrogen) atoms. The number of likely N-dealkylation sites (tertiary alicyclic amines) is 1. The summed E-state index contributed by atoms with van der Waals surface area (Å²) < 4.78 is 25.1. The van der Waals surface area contributed by atoms with Crippen LogP contribution in [-0.4, -0.2) is 44.2 Å². The number of benzene rings is 1. The molecule has 0 aromatic heterocycles. The first-order valence-corrected chi connectivity index (χ1v) is 9.29. The van der Waals surface area contributed by atoms with Gasteiger partial charge in [0.15, 0.2) is 0 Å². The first-order valence-electron chi connectivity index (χ1n) is 9.29. The fraction of sp³-hybridized carbons (Fsp3) is 0.650.